The number of rotatable bonds is 8. The third-order valence-electron chi connectivity index (χ3n) is 4.06. The van der Waals surface area contributed by atoms with Gasteiger partial charge in [-0.15, -0.1) is 0 Å². The van der Waals surface area contributed by atoms with Crippen molar-refractivity contribution in [3.63, 3.8) is 0 Å². The Balaban J connectivity index is 1.91. The molecule has 2 aromatic rings. The van der Waals surface area contributed by atoms with Crippen molar-refractivity contribution in [1.29, 1.82) is 0 Å². The molecule has 0 heterocycles. The number of benzene rings is 2. The summed E-state index contributed by atoms with van der Waals surface area (Å²) in [6.07, 6.45) is 10.9. The van der Waals surface area contributed by atoms with Crippen LogP contribution < -0.4 is 5.73 Å². The summed E-state index contributed by atoms with van der Waals surface area (Å²) in [5, 5.41) is 2.71. The van der Waals surface area contributed by atoms with E-state index in [0.717, 1.165) is 13.0 Å². The van der Waals surface area contributed by atoms with Crippen LogP contribution in [0.5, 0.6) is 0 Å². The lowest BCUT2D eigenvalue weighted by atomic mass is 9.94. The number of allylic oxidation sites excluding steroid dienone is 2. The van der Waals surface area contributed by atoms with Crippen molar-refractivity contribution in [2.45, 2.75) is 44.9 Å². The van der Waals surface area contributed by atoms with Crippen LogP contribution in [0.3, 0.4) is 0 Å². The molecule has 0 aromatic heterocycles. The molecule has 1 heteroatoms. The first kappa shape index (κ1) is 15.8. The second-order valence-electron chi connectivity index (χ2n) is 5.78. The molecule has 21 heavy (non-hydrogen) atoms. The summed E-state index contributed by atoms with van der Waals surface area (Å²) in [7, 11) is 0. The maximum atomic E-state index is 5.50. The highest BCUT2D eigenvalue weighted by atomic mass is 14.5. The predicted molar refractivity (Wildman–Crippen MR) is 93.6 cm³/mol. The van der Waals surface area contributed by atoms with E-state index in [0.29, 0.717) is 5.92 Å². The molecule has 0 fully saturated rings. The van der Waals surface area contributed by atoms with Gasteiger partial charge in [0.25, 0.3) is 0 Å². The fourth-order valence-corrected chi connectivity index (χ4v) is 2.81. The molecule has 1 nitrogen and oxygen atoms in total. The van der Waals surface area contributed by atoms with Crippen LogP contribution in [0, 0.1) is 0 Å². The molecule has 0 radical (unpaired) electrons. The number of hydrogen-bond acceptors (Lipinski definition) is 1. The van der Waals surface area contributed by atoms with Crippen molar-refractivity contribution in [3.8, 4) is 0 Å². The molecule has 2 rings (SSSR count). The van der Waals surface area contributed by atoms with E-state index in [2.05, 4.69) is 61.5 Å². The van der Waals surface area contributed by atoms with Crippen molar-refractivity contribution in [2.75, 3.05) is 6.54 Å². The predicted octanol–water partition coefficient (Wildman–Crippen LogP) is 5.41. The number of hydrogen-bond donors (Lipinski definition) is 1. The molecular weight excluding hydrogens is 254 g/mol. The summed E-state index contributed by atoms with van der Waals surface area (Å²) in [5.41, 5.74) is 6.93. The van der Waals surface area contributed by atoms with E-state index in [-0.39, 0.29) is 0 Å². The van der Waals surface area contributed by atoms with Gasteiger partial charge in [0.1, 0.15) is 0 Å². The highest BCUT2D eigenvalue weighted by Gasteiger charge is 2.05. The lowest BCUT2D eigenvalue weighted by molar-refractivity contribution is 0.652. The maximum absolute atomic E-state index is 5.50. The number of unbranched alkanes of at least 4 members (excludes halogenated alkanes) is 4. The van der Waals surface area contributed by atoms with Crippen LogP contribution in [0.25, 0.3) is 10.8 Å². The van der Waals surface area contributed by atoms with Crippen LogP contribution in [0.15, 0.2) is 54.6 Å². The molecule has 0 unspecified atom stereocenters. The van der Waals surface area contributed by atoms with Crippen molar-refractivity contribution in [2.24, 2.45) is 5.73 Å². The quantitative estimate of drug-likeness (QED) is 0.508. The SMILES string of the molecule is C[C@H](/C=C/CCCCCCN)c1cccc2ccccc12. The lowest BCUT2D eigenvalue weighted by Gasteiger charge is -2.11. The van der Waals surface area contributed by atoms with Gasteiger partial charge in [-0.1, -0.05) is 74.4 Å². The van der Waals surface area contributed by atoms with Gasteiger partial charge in [0.05, 0.1) is 0 Å². The van der Waals surface area contributed by atoms with Gasteiger partial charge in [-0.3, -0.25) is 0 Å². The Bertz CT molecular complexity index is 566. The summed E-state index contributed by atoms with van der Waals surface area (Å²) in [6.45, 7) is 3.11. The molecule has 1 atom stereocenters. The van der Waals surface area contributed by atoms with Gasteiger partial charge in [-0.2, -0.15) is 0 Å². The standard InChI is InChI=1S/C20H27N/c1-17(11-6-4-2-3-5-9-16-21)19-15-10-13-18-12-7-8-14-20(18)19/h6-8,10-15,17H,2-5,9,16,21H2,1H3/b11-6+/t17-/m1/s1. The van der Waals surface area contributed by atoms with Crippen LogP contribution in [0.1, 0.15) is 50.5 Å². The maximum Gasteiger partial charge on any atom is -0.000429 e. The van der Waals surface area contributed by atoms with E-state index in [9.17, 15) is 0 Å². The van der Waals surface area contributed by atoms with Gasteiger partial charge in [0.2, 0.25) is 0 Å². The molecule has 0 aliphatic heterocycles. The minimum Gasteiger partial charge on any atom is -0.330 e. The monoisotopic (exact) mass is 281 g/mol. The van der Waals surface area contributed by atoms with Crippen LogP contribution in [0.4, 0.5) is 0 Å². The average Bonchev–Trinajstić information content (AvgIpc) is 2.53. The van der Waals surface area contributed by atoms with E-state index in [4.69, 9.17) is 5.73 Å². The third kappa shape index (κ3) is 4.71. The third-order valence-corrected chi connectivity index (χ3v) is 4.06. The van der Waals surface area contributed by atoms with E-state index < -0.39 is 0 Å². The fraction of sp³-hybridized carbons (Fsp3) is 0.400. The Morgan fingerprint density at radius 3 is 2.57 bits per heavy atom. The van der Waals surface area contributed by atoms with E-state index in [1.54, 1.807) is 0 Å². The van der Waals surface area contributed by atoms with E-state index in [1.165, 1.54) is 42.0 Å². The first-order valence-electron chi connectivity index (χ1n) is 8.17. The van der Waals surface area contributed by atoms with E-state index >= 15 is 0 Å². The largest absolute Gasteiger partial charge is 0.330 e. The van der Waals surface area contributed by atoms with Gasteiger partial charge >= 0.3 is 0 Å². The van der Waals surface area contributed by atoms with Gasteiger partial charge in [-0.05, 0) is 48.1 Å². The summed E-state index contributed by atoms with van der Waals surface area (Å²) in [5.74, 6) is 0.472. The Kier molecular flexibility index (Phi) is 6.49. The van der Waals surface area contributed by atoms with Crippen molar-refractivity contribution in [3.05, 3.63) is 60.2 Å². The summed E-state index contributed by atoms with van der Waals surface area (Å²) < 4.78 is 0. The van der Waals surface area contributed by atoms with Crippen LogP contribution in [-0.4, -0.2) is 6.54 Å². The molecule has 0 saturated heterocycles. The molecule has 0 saturated carbocycles. The minimum atomic E-state index is 0.472. The molecule has 0 spiro atoms. The van der Waals surface area contributed by atoms with Crippen LogP contribution >= 0.6 is 0 Å². The first-order valence-corrected chi connectivity index (χ1v) is 8.17. The first-order chi connectivity index (χ1) is 10.3. The Labute approximate surface area is 128 Å². The van der Waals surface area contributed by atoms with Crippen LogP contribution in [0.2, 0.25) is 0 Å². The molecule has 0 aliphatic rings. The summed E-state index contributed by atoms with van der Waals surface area (Å²) in [6, 6.07) is 15.2. The number of nitrogens with two attached hydrogens (primary N) is 1. The summed E-state index contributed by atoms with van der Waals surface area (Å²) >= 11 is 0. The zero-order valence-electron chi connectivity index (χ0n) is 13.1. The highest BCUT2D eigenvalue weighted by molar-refractivity contribution is 5.86. The molecule has 0 amide bonds. The average molecular weight is 281 g/mol. The zero-order valence-corrected chi connectivity index (χ0v) is 13.1. The van der Waals surface area contributed by atoms with Crippen molar-refractivity contribution in [1.82, 2.24) is 0 Å². The van der Waals surface area contributed by atoms with Gasteiger partial charge in [0, 0.05) is 0 Å². The Morgan fingerprint density at radius 2 is 1.71 bits per heavy atom. The molecule has 2 N–H and O–H groups in total. The lowest BCUT2D eigenvalue weighted by Crippen LogP contribution is -1.97. The van der Waals surface area contributed by atoms with Gasteiger partial charge in [0.15, 0.2) is 0 Å². The molecule has 2 aromatic carbocycles. The van der Waals surface area contributed by atoms with Crippen LogP contribution in [-0.2, 0) is 0 Å². The number of fused-ring (bicyclic) bond motifs is 1. The molecule has 112 valence electrons. The zero-order chi connectivity index (χ0) is 14.9. The highest BCUT2D eigenvalue weighted by Crippen LogP contribution is 2.26. The van der Waals surface area contributed by atoms with Crippen molar-refractivity contribution < 1.29 is 0 Å². The van der Waals surface area contributed by atoms with E-state index in [1.807, 2.05) is 0 Å². The van der Waals surface area contributed by atoms with Gasteiger partial charge in [-0.25, -0.2) is 0 Å². The summed E-state index contributed by atoms with van der Waals surface area (Å²) in [4.78, 5) is 0. The second kappa shape index (κ2) is 8.63. The topological polar surface area (TPSA) is 26.0 Å². The van der Waals surface area contributed by atoms with Crippen molar-refractivity contribution >= 4 is 10.8 Å². The second-order valence-corrected chi connectivity index (χ2v) is 5.78. The molecule has 0 bridgehead atoms. The smallest absolute Gasteiger partial charge is 0.000429 e. The fourth-order valence-electron chi connectivity index (χ4n) is 2.81. The Morgan fingerprint density at radius 1 is 0.952 bits per heavy atom. The Hall–Kier alpha value is -1.60. The van der Waals surface area contributed by atoms with Gasteiger partial charge < -0.3 is 5.73 Å². The molecular formula is C20H27N. The minimum absolute atomic E-state index is 0.472. The molecule has 0 aliphatic carbocycles. The normalized spacial score (nSPS) is 13.0.